The lowest BCUT2D eigenvalue weighted by Gasteiger charge is -2.31. The molecule has 0 bridgehead atoms. The van der Waals surface area contributed by atoms with E-state index in [9.17, 15) is 0 Å². The fourth-order valence-electron chi connectivity index (χ4n) is 1.80. The van der Waals surface area contributed by atoms with E-state index in [1.54, 1.807) is 7.11 Å². The Hall–Kier alpha value is -0.120. The van der Waals surface area contributed by atoms with E-state index in [4.69, 9.17) is 9.47 Å². The molecule has 1 heterocycles. The van der Waals surface area contributed by atoms with Crippen LogP contribution in [0.1, 0.15) is 20.8 Å². The van der Waals surface area contributed by atoms with Gasteiger partial charge in [0.2, 0.25) is 0 Å². The van der Waals surface area contributed by atoms with Crippen LogP contribution in [0, 0.1) is 0 Å². The van der Waals surface area contributed by atoms with E-state index in [2.05, 4.69) is 25.7 Å². The Kier molecular flexibility index (Phi) is 4.16. The third kappa shape index (κ3) is 2.93. The second-order valence-electron chi connectivity index (χ2n) is 4.03. The average molecular weight is 187 g/mol. The molecule has 2 unspecified atom stereocenters. The Bertz CT molecular complexity index is 150. The highest BCUT2D eigenvalue weighted by molar-refractivity contribution is 4.77. The van der Waals surface area contributed by atoms with Crippen molar-refractivity contribution in [1.29, 1.82) is 0 Å². The minimum absolute atomic E-state index is 0.229. The smallest absolute Gasteiger partial charge is 0.0931 e. The number of hydrogen-bond acceptors (Lipinski definition) is 3. The van der Waals surface area contributed by atoms with Crippen molar-refractivity contribution >= 4 is 0 Å². The van der Waals surface area contributed by atoms with Gasteiger partial charge in [-0.25, -0.2) is 0 Å². The van der Waals surface area contributed by atoms with Crippen molar-refractivity contribution in [2.24, 2.45) is 0 Å². The van der Waals surface area contributed by atoms with Gasteiger partial charge >= 0.3 is 0 Å². The Morgan fingerprint density at radius 3 is 2.62 bits per heavy atom. The van der Waals surface area contributed by atoms with Crippen molar-refractivity contribution < 1.29 is 9.47 Å². The van der Waals surface area contributed by atoms with Crippen LogP contribution in [0.15, 0.2) is 0 Å². The summed E-state index contributed by atoms with van der Waals surface area (Å²) in [5.41, 5.74) is 0. The maximum absolute atomic E-state index is 5.52. The summed E-state index contributed by atoms with van der Waals surface area (Å²) in [4.78, 5) is 2.43. The topological polar surface area (TPSA) is 21.7 Å². The van der Waals surface area contributed by atoms with Crippen LogP contribution in [0.4, 0.5) is 0 Å². The van der Waals surface area contributed by atoms with Crippen LogP contribution in [0.2, 0.25) is 0 Å². The summed E-state index contributed by atoms with van der Waals surface area (Å²) >= 11 is 0. The molecule has 0 radical (unpaired) electrons. The van der Waals surface area contributed by atoms with Crippen LogP contribution in [-0.4, -0.2) is 50.0 Å². The molecule has 0 aromatic carbocycles. The first-order chi connectivity index (χ1) is 6.15. The highest BCUT2D eigenvalue weighted by Gasteiger charge is 2.25. The molecule has 3 nitrogen and oxygen atoms in total. The summed E-state index contributed by atoms with van der Waals surface area (Å²) in [5.74, 6) is 0. The van der Waals surface area contributed by atoms with Gasteiger partial charge in [0.1, 0.15) is 0 Å². The third-order valence-electron chi connectivity index (χ3n) is 2.64. The van der Waals surface area contributed by atoms with Gasteiger partial charge in [-0.15, -0.1) is 0 Å². The molecule has 1 fully saturated rings. The quantitative estimate of drug-likeness (QED) is 0.647. The first kappa shape index (κ1) is 11.0. The zero-order valence-electron chi connectivity index (χ0n) is 9.12. The summed E-state index contributed by atoms with van der Waals surface area (Å²) in [7, 11) is 1.75. The van der Waals surface area contributed by atoms with Crippen molar-refractivity contribution in [3.8, 4) is 0 Å². The van der Waals surface area contributed by atoms with Crippen LogP contribution in [0.3, 0.4) is 0 Å². The molecule has 3 heteroatoms. The molecule has 0 aromatic rings. The van der Waals surface area contributed by atoms with Crippen LogP contribution in [0.25, 0.3) is 0 Å². The maximum atomic E-state index is 5.52. The maximum Gasteiger partial charge on any atom is 0.0931 e. The molecular formula is C10H21NO2. The van der Waals surface area contributed by atoms with Crippen molar-refractivity contribution in [2.45, 2.75) is 39.0 Å². The van der Waals surface area contributed by atoms with Gasteiger partial charge in [-0.1, -0.05) is 0 Å². The highest BCUT2D eigenvalue weighted by Crippen LogP contribution is 2.12. The minimum atomic E-state index is 0.229. The van der Waals surface area contributed by atoms with Crippen molar-refractivity contribution in [3.63, 3.8) is 0 Å². The molecule has 13 heavy (non-hydrogen) atoms. The van der Waals surface area contributed by atoms with E-state index in [0.29, 0.717) is 12.1 Å². The van der Waals surface area contributed by atoms with Gasteiger partial charge in [0.15, 0.2) is 0 Å². The second-order valence-corrected chi connectivity index (χ2v) is 4.03. The number of methoxy groups -OCH3 is 1. The van der Waals surface area contributed by atoms with E-state index in [1.807, 2.05) is 0 Å². The van der Waals surface area contributed by atoms with E-state index in [1.165, 1.54) is 0 Å². The number of ether oxygens (including phenoxy) is 2. The molecule has 0 saturated carbocycles. The van der Waals surface area contributed by atoms with Gasteiger partial charge in [-0.05, 0) is 20.8 Å². The molecule has 0 aromatic heterocycles. The predicted octanol–water partition coefficient (Wildman–Crippen LogP) is 1.13. The molecule has 1 rings (SSSR count). The normalized spacial score (nSPS) is 32.1. The Morgan fingerprint density at radius 2 is 2.08 bits per heavy atom. The lowest BCUT2D eigenvalue weighted by atomic mass is 10.2. The van der Waals surface area contributed by atoms with Crippen molar-refractivity contribution in [3.05, 3.63) is 0 Å². The fourth-order valence-corrected chi connectivity index (χ4v) is 1.80. The van der Waals surface area contributed by atoms with Gasteiger partial charge in [-0.3, -0.25) is 4.90 Å². The van der Waals surface area contributed by atoms with E-state index in [-0.39, 0.29) is 6.10 Å². The molecular weight excluding hydrogens is 166 g/mol. The highest BCUT2D eigenvalue weighted by atomic mass is 16.5. The van der Waals surface area contributed by atoms with Gasteiger partial charge in [0, 0.05) is 25.7 Å². The lowest BCUT2D eigenvalue weighted by molar-refractivity contribution is 0.0212. The van der Waals surface area contributed by atoms with Crippen LogP contribution < -0.4 is 0 Å². The first-order valence-corrected chi connectivity index (χ1v) is 5.01. The van der Waals surface area contributed by atoms with Crippen molar-refractivity contribution in [2.75, 3.05) is 26.9 Å². The number of nitrogens with zero attached hydrogens (tertiary/aromatic N) is 1. The predicted molar refractivity (Wildman–Crippen MR) is 52.9 cm³/mol. The molecule has 0 aliphatic carbocycles. The standard InChI is InChI=1S/C10H21NO2/c1-8(2)11-5-10(12-4)7-13-6-9(11)3/h8-10H,5-7H2,1-4H3. The Labute approximate surface area is 81.0 Å². The van der Waals surface area contributed by atoms with Gasteiger partial charge in [0.05, 0.1) is 19.3 Å². The summed E-state index contributed by atoms with van der Waals surface area (Å²) in [6.45, 7) is 9.17. The molecule has 1 saturated heterocycles. The van der Waals surface area contributed by atoms with Crippen molar-refractivity contribution in [1.82, 2.24) is 4.90 Å². The minimum Gasteiger partial charge on any atom is -0.378 e. The molecule has 78 valence electrons. The summed E-state index contributed by atoms with van der Waals surface area (Å²) in [6.07, 6.45) is 0.229. The summed E-state index contributed by atoms with van der Waals surface area (Å²) < 4.78 is 10.9. The average Bonchev–Trinajstić information content (AvgIpc) is 2.26. The van der Waals surface area contributed by atoms with E-state index >= 15 is 0 Å². The molecule has 0 spiro atoms. The van der Waals surface area contributed by atoms with E-state index in [0.717, 1.165) is 19.8 Å². The lowest BCUT2D eigenvalue weighted by Crippen LogP contribution is -2.43. The summed E-state index contributed by atoms with van der Waals surface area (Å²) in [6, 6.07) is 1.06. The van der Waals surface area contributed by atoms with Crippen LogP contribution in [0.5, 0.6) is 0 Å². The Balaban J connectivity index is 2.56. The molecule has 2 atom stereocenters. The van der Waals surface area contributed by atoms with Crippen LogP contribution >= 0.6 is 0 Å². The third-order valence-corrected chi connectivity index (χ3v) is 2.64. The zero-order chi connectivity index (χ0) is 9.84. The summed E-state index contributed by atoms with van der Waals surface area (Å²) in [5, 5.41) is 0. The van der Waals surface area contributed by atoms with Gasteiger partial charge < -0.3 is 9.47 Å². The molecule has 1 aliphatic rings. The molecule has 0 amide bonds. The second kappa shape index (κ2) is 4.94. The van der Waals surface area contributed by atoms with Gasteiger partial charge in [0.25, 0.3) is 0 Å². The fraction of sp³-hybridized carbons (Fsp3) is 1.00. The zero-order valence-corrected chi connectivity index (χ0v) is 9.12. The SMILES string of the molecule is COC1COCC(C)N(C(C)C)C1. The number of rotatable bonds is 2. The van der Waals surface area contributed by atoms with E-state index < -0.39 is 0 Å². The molecule has 1 aliphatic heterocycles. The largest absolute Gasteiger partial charge is 0.378 e. The van der Waals surface area contributed by atoms with Gasteiger partial charge in [-0.2, -0.15) is 0 Å². The Morgan fingerprint density at radius 1 is 1.38 bits per heavy atom. The first-order valence-electron chi connectivity index (χ1n) is 5.01. The number of hydrogen-bond donors (Lipinski definition) is 0. The molecule has 0 N–H and O–H groups in total. The van der Waals surface area contributed by atoms with Crippen LogP contribution in [-0.2, 0) is 9.47 Å². The monoisotopic (exact) mass is 187 g/mol.